The fourth-order valence-electron chi connectivity index (χ4n) is 8.53. The minimum atomic E-state index is -0.551. The van der Waals surface area contributed by atoms with Crippen molar-refractivity contribution in [3.05, 3.63) is 142 Å². The van der Waals surface area contributed by atoms with Crippen LogP contribution in [0, 0.1) is 0 Å². The van der Waals surface area contributed by atoms with Crippen LogP contribution in [0.2, 0.25) is 0 Å². The van der Waals surface area contributed by atoms with Gasteiger partial charge in [-0.1, -0.05) is 43.0 Å². The van der Waals surface area contributed by atoms with Gasteiger partial charge in [-0.25, -0.2) is 19.6 Å². The van der Waals surface area contributed by atoms with Crippen LogP contribution in [-0.2, 0) is 57.8 Å². The summed E-state index contributed by atoms with van der Waals surface area (Å²) in [6.45, 7) is 18.9. The number of nitrogens with zero attached hydrogens (tertiary/aromatic N) is 6. The number of hydrogen-bond donors (Lipinski definition) is 4. The van der Waals surface area contributed by atoms with E-state index in [4.69, 9.17) is 25.2 Å². The van der Waals surface area contributed by atoms with E-state index in [1.54, 1.807) is 44.9 Å². The van der Waals surface area contributed by atoms with Crippen molar-refractivity contribution in [2.45, 2.75) is 97.9 Å². The summed E-state index contributed by atoms with van der Waals surface area (Å²) < 4.78 is 13.3. The normalized spacial score (nSPS) is 13.1. The summed E-state index contributed by atoms with van der Waals surface area (Å²) in [5.74, 6) is -0.311. The molecule has 0 saturated carbocycles. The summed E-state index contributed by atoms with van der Waals surface area (Å²) in [5.41, 5.74) is 12.7. The van der Waals surface area contributed by atoms with E-state index < -0.39 is 11.2 Å². The number of amides is 4. The second-order valence-electron chi connectivity index (χ2n) is 20.4. The van der Waals surface area contributed by atoms with Crippen LogP contribution in [0.15, 0.2) is 110 Å². The SMILES string of the molecule is C=CC(=O)Nc1sc2c(c1-c1nc3ccccc3s1)CCN(C(=O)OC(C)(C)C)C2.CC(C)(C)OC(=O)N1CCc2c(sc(NC(=O)CCNCCc3cccnc3)c2-c2nc3ccccc3s2)C1.NCCc1cccnc1. The van der Waals surface area contributed by atoms with Gasteiger partial charge in [-0.3, -0.25) is 19.6 Å². The highest BCUT2D eigenvalue weighted by Crippen LogP contribution is 2.47. The Kier molecular flexibility index (Phi) is 19.2. The van der Waals surface area contributed by atoms with Crippen molar-refractivity contribution in [3.63, 3.8) is 0 Å². The molecule has 8 aromatic rings. The van der Waals surface area contributed by atoms with Crippen molar-refractivity contribution < 1.29 is 28.7 Å². The second-order valence-corrected chi connectivity index (χ2v) is 24.7. The first kappa shape index (κ1) is 57.2. The molecule has 0 fully saturated rings. The van der Waals surface area contributed by atoms with E-state index >= 15 is 0 Å². The lowest BCUT2D eigenvalue weighted by Gasteiger charge is -2.30. The Morgan fingerprint density at radius 2 is 1.14 bits per heavy atom. The minimum Gasteiger partial charge on any atom is -0.444 e. The number of nitrogens with one attached hydrogen (secondary N) is 3. The summed E-state index contributed by atoms with van der Waals surface area (Å²) in [7, 11) is 0. The number of carbonyl (C=O) groups excluding carboxylic acids is 4. The lowest BCUT2D eigenvalue weighted by Crippen LogP contribution is -2.39. The number of ether oxygens (including phenoxy) is 2. The molecule has 5 N–H and O–H groups in total. The molecule has 0 saturated heterocycles. The number of thiazole rings is 2. The number of aromatic nitrogens is 4. The van der Waals surface area contributed by atoms with Crippen molar-refractivity contribution in [2.75, 3.05) is 43.4 Å². The highest BCUT2D eigenvalue weighted by molar-refractivity contribution is 7.23. The standard InChI is InChI=1S/C29H33N5O3S2.C22H23N3O3S2.C7H10N2/c1-29(2,3)37-28(36)34-16-12-20-23(18-34)39-27(25(20)26-32-21-8-4-5-9-22(21)38-26)33-24(35)11-15-30-14-10-19-7-6-13-31-17-19;1-5-17(26)24-20-18(19-23-14-8-6-7-9-15(14)29-19)13-10-11-25(12-16(13)30-20)21(27)28-22(2,3)4;8-4-3-7-2-1-5-9-6-7/h4-9,13,17,30H,10-12,14-16,18H2,1-3H3,(H,33,35);5-9H,1,10-12H2,2-4H3,(H,24,26);1-2,5-6H,3-4,8H2. The van der Waals surface area contributed by atoms with Crippen LogP contribution in [0.25, 0.3) is 41.6 Å². The molecule has 0 atom stereocenters. The van der Waals surface area contributed by atoms with E-state index in [2.05, 4.69) is 38.6 Å². The first-order valence-corrected chi connectivity index (χ1v) is 29.1. The van der Waals surface area contributed by atoms with Crippen LogP contribution >= 0.6 is 45.3 Å². The first-order valence-electron chi connectivity index (χ1n) is 25.8. The van der Waals surface area contributed by atoms with E-state index in [1.165, 1.54) is 39.9 Å². The molecule has 20 heteroatoms. The first-order chi connectivity index (χ1) is 37.4. The molecule has 408 valence electrons. The zero-order chi connectivity index (χ0) is 55.4. The smallest absolute Gasteiger partial charge is 0.410 e. The lowest BCUT2D eigenvalue weighted by atomic mass is 10.0. The number of benzene rings is 2. The monoisotopic (exact) mass is 1130 g/mol. The van der Waals surface area contributed by atoms with Crippen LogP contribution < -0.4 is 21.7 Å². The van der Waals surface area contributed by atoms with Crippen LogP contribution in [0.1, 0.15) is 80.0 Å². The summed E-state index contributed by atoms with van der Waals surface area (Å²) in [6.07, 6.45) is 11.4. The van der Waals surface area contributed by atoms with Gasteiger partial charge in [-0.15, -0.1) is 45.3 Å². The third kappa shape index (κ3) is 15.4. The molecule has 0 spiro atoms. The van der Waals surface area contributed by atoms with Gasteiger partial charge in [-0.2, -0.15) is 0 Å². The average molecular weight is 1130 g/mol. The van der Waals surface area contributed by atoms with E-state index in [0.717, 1.165) is 91.8 Å². The molecular formula is C58H66N10O6S4. The molecule has 8 heterocycles. The molecule has 10 rings (SSSR count). The van der Waals surface area contributed by atoms with E-state index in [0.29, 0.717) is 58.5 Å². The number of fused-ring (bicyclic) bond motifs is 4. The quantitative estimate of drug-likeness (QED) is 0.0628. The van der Waals surface area contributed by atoms with E-state index in [1.807, 2.05) is 121 Å². The number of rotatable bonds is 13. The summed E-state index contributed by atoms with van der Waals surface area (Å²) >= 11 is 6.25. The largest absolute Gasteiger partial charge is 0.444 e. The Hall–Kier alpha value is -6.94. The van der Waals surface area contributed by atoms with Gasteiger partial charge < -0.3 is 41.0 Å². The molecular weight excluding hydrogens is 1060 g/mol. The molecule has 0 unspecified atom stereocenters. The topological polar surface area (TPSA) is 207 Å². The molecule has 6 aromatic heterocycles. The van der Waals surface area contributed by atoms with Crippen molar-refractivity contribution in [1.82, 2.24) is 35.1 Å². The van der Waals surface area contributed by atoms with Crippen molar-refractivity contribution in [1.29, 1.82) is 0 Å². The summed E-state index contributed by atoms with van der Waals surface area (Å²) in [6, 6.07) is 24.0. The lowest BCUT2D eigenvalue weighted by molar-refractivity contribution is -0.116. The fraction of sp³-hybridized carbons (Fsp3) is 0.345. The number of nitrogens with two attached hydrogens (primary N) is 1. The molecule has 0 radical (unpaired) electrons. The van der Waals surface area contributed by atoms with Crippen LogP contribution in [-0.4, -0.2) is 97.7 Å². The van der Waals surface area contributed by atoms with Gasteiger partial charge in [0.2, 0.25) is 11.8 Å². The number of thiophene rings is 2. The summed E-state index contributed by atoms with van der Waals surface area (Å²) in [4.78, 5) is 73.7. The number of anilines is 2. The molecule has 2 aromatic carbocycles. The highest BCUT2D eigenvalue weighted by atomic mass is 32.1. The van der Waals surface area contributed by atoms with Gasteiger partial charge in [0.15, 0.2) is 0 Å². The van der Waals surface area contributed by atoms with Gasteiger partial charge in [0.05, 0.1) is 33.5 Å². The molecule has 2 aliphatic heterocycles. The number of para-hydroxylation sites is 2. The molecule has 0 aliphatic carbocycles. The van der Waals surface area contributed by atoms with Gasteiger partial charge in [0.1, 0.15) is 31.2 Å². The van der Waals surface area contributed by atoms with E-state index in [9.17, 15) is 19.2 Å². The highest BCUT2D eigenvalue weighted by Gasteiger charge is 2.33. The molecule has 2 aliphatic rings. The van der Waals surface area contributed by atoms with Gasteiger partial charge in [-0.05, 0) is 145 Å². The Labute approximate surface area is 471 Å². The molecule has 16 nitrogen and oxygen atoms in total. The van der Waals surface area contributed by atoms with Crippen molar-refractivity contribution >= 4 is 99.8 Å². The van der Waals surface area contributed by atoms with E-state index in [-0.39, 0.29) is 24.0 Å². The Morgan fingerprint density at radius 1 is 0.654 bits per heavy atom. The predicted molar refractivity (Wildman–Crippen MR) is 316 cm³/mol. The van der Waals surface area contributed by atoms with Gasteiger partial charge in [0, 0.05) is 71.7 Å². The van der Waals surface area contributed by atoms with Gasteiger partial charge >= 0.3 is 12.2 Å². The molecule has 4 amide bonds. The number of pyridine rings is 2. The minimum absolute atomic E-state index is 0.0474. The average Bonchev–Trinajstić information content (AvgIpc) is 4.23. The van der Waals surface area contributed by atoms with Gasteiger partial charge in [0.25, 0.3) is 0 Å². The maximum absolute atomic E-state index is 13.0. The molecule has 0 bridgehead atoms. The summed E-state index contributed by atoms with van der Waals surface area (Å²) in [5, 5.41) is 12.8. The van der Waals surface area contributed by atoms with Crippen LogP contribution in [0.4, 0.5) is 19.6 Å². The third-order valence-electron chi connectivity index (χ3n) is 12.1. The third-order valence-corrected chi connectivity index (χ3v) is 16.5. The number of hydrogen-bond acceptors (Lipinski definition) is 16. The zero-order valence-corrected chi connectivity index (χ0v) is 48.1. The van der Waals surface area contributed by atoms with Crippen LogP contribution in [0.3, 0.4) is 0 Å². The maximum atomic E-state index is 13.0. The predicted octanol–water partition coefficient (Wildman–Crippen LogP) is 11.9. The second kappa shape index (κ2) is 26.1. The number of carbonyl (C=O) groups is 4. The Balaban J connectivity index is 0.000000181. The Bertz CT molecular complexity index is 3290. The maximum Gasteiger partial charge on any atom is 0.410 e. The van der Waals surface area contributed by atoms with Crippen LogP contribution in [0.5, 0.6) is 0 Å². The fourth-order valence-corrected chi connectivity index (χ4v) is 13.3. The van der Waals surface area contributed by atoms with Crippen molar-refractivity contribution in [2.24, 2.45) is 5.73 Å². The van der Waals surface area contributed by atoms with Crippen molar-refractivity contribution in [3.8, 4) is 21.1 Å². The Morgan fingerprint density at radius 3 is 1.59 bits per heavy atom. The zero-order valence-electron chi connectivity index (χ0n) is 44.9. The molecule has 78 heavy (non-hydrogen) atoms.